The third kappa shape index (κ3) is 3.38. The van der Waals surface area contributed by atoms with E-state index in [9.17, 15) is 27.6 Å². The predicted octanol–water partition coefficient (Wildman–Crippen LogP) is 0.510. The Morgan fingerprint density at radius 1 is 1.09 bits per heavy atom. The second-order valence-electron chi connectivity index (χ2n) is 4.90. The Morgan fingerprint density at radius 2 is 1.65 bits per heavy atom. The minimum absolute atomic E-state index is 0.359. The van der Waals surface area contributed by atoms with Crippen LogP contribution in [0.2, 0.25) is 0 Å². The van der Waals surface area contributed by atoms with Crippen LogP contribution in [0.5, 0.6) is 0 Å². The molecule has 0 aromatic carbocycles. The van der Waals surface area contributed by atoms with Gasteiger partial charge in [-0.1, -0.05) is 0 Å². The highest BCUT2D eigenvalue weighted by molar-refractivity contribution is 5.93. The number of carbonyl (C=O) groups excluding carboxylic acids is 1. The predicted molar refractivity (Wildman–Crippen MR) is 65.6 cm³/mol. The van der Waals surface area contributed by atoms with Gasteiger partial charge in [-0.15, -0.1) is 0 Å². The lowest BCUT2D eigenvalue weighted by Gasteiger charge is -2.18. The average Bonchev–Trinajstić information content (AvgIpc) is 2.92. The molecule has 1 aromatic heterocycles. The van der Waals surface area contributed by atoms with Crippen LogP contribution in [0.4, 0.5) is 13.2 Å². The normalized spacial score (nSPS) is 21.3. The molecule has 2 rings (SSSR count). The fourth-order valence-electron chi connectivity index (χ4n) is 2.26. The van der Waals surface area contributed by atoms with Gasteiger partial charge in [0.1, 0.15) is 5.69 Å². The van der Waals surface area contributed by atoms with Crippen LogP contribution in [0.1, 0.15) is 21.0 Å². The number of nitrogens with zero attached hydrogens (tertiary/aromatic N) is 3. The maximum Gasteiger partial charge on any atom is 0.394 e. The molecule has 1 aromatic rings. The third-order valence-electron chi connectivity index (χ3n) is 3.43. The molecule has 2 heterocycles. The van der Waals surface area contributed by atoms with Crippen molar-refractivity contribution in [3.05, 3.63) is 23.8 Å². The lowest BCUT2D eigenvalue weighted by atomic mass is 9.96. The highest BCUT2D eigenvalue weighted by Gasteiger charge is 2.53. The van der Waals surface area contributed by atoms with Gasteiger partial charge in [0.05, 0.1) is 24.2 Å². The number of amides is 1. The first-order valence-electron chi connectivity index (χ1n) is 6.25. The standard InChI is InChI=1S/C12H10F3N3O5/c13-12(14,15)6-4-18(3-5(6)10(20)21)9(19)7-1-17-8(2-16-7)11(22)23/h1-2,5-6H,3-4H2,(H,20,21)(H,22,23)/t5-,6-/m1/s1. The van der Waals surface area contributed by atoms with Crippen LogP contribution in [-0.4, -0.2) is 62.2 Å². The topological polar surface area (TPSA) is 121 Å². The van der Waals surface area contributed by atoms with Crippen LogP contribution < -0.4 is 0 Å². The van der Waals surface area contributed by atoms with E-state index < -0.39 is 54.6 Å². The molecule has 1 fully saturated rings. The molecular weight excluding hydrogens is 323 g/mol. The van der Waals surface area contributed by atoms with Gasteiger partial charge in [-0.25, -0.2) is 14.8 Å². The van der Waals surface area contributed by atoms with Gasteiger partial charge < -0.3 is 15.1 Å². The van der Waals surface area contributed by atoms with Gasteiger partial charge >= 0.3 is 18.1 Å². The van der Waals surface area contributed by atoms with Gasteiger partial charge in [0, 0.05) is 13.1 Å². The molecule has 8 nitrogen and oxygen atoms in total. The number of hydrogen-bond donors (Lipinski definition) is 2. The first kappa shape index (κ1) is 16.6. The van der Waals surface area contributed by atoms with Crippen LogP contribution in [-0.2, 0) is 4.79 Å². The lowest BCUT2D eigenvalue weighted by molar-refractivity contribution is -0.187. The Balaban J connectivity index is 2.20. The van der Waals surface area contributed by atoms with Crippen molar-refractivity contribution in [2.75, 3.05) is 13.1 Å². The molecule has 1 aliphatic heterocycles. The zero-order valence-corrected chi connectivity index (χ0v) is 11.3. The van der Waals surface area contributed by atoms with Gasteiger partial charge in [0.25, 0.3) is 5.91 Å². The van der Waals surface area contributed by atoms with Crippen LogP contribution in [0.3, 0.4) is 0 Å². The molecule has 11 heteroatoms. The number of carboxylic acids is 2. The van der Waals surface area contributed by atoms with Crippen molar-refractivity contribution in [1.82, 2.24) is 14.9 Å². The number of carboxylic acid groups (broad SMARTS) is 2. The molecule has 0 radical (unpaired) electrons. The monoisotopic (exact) mass is 333 g/mol. The maximum absolute atomic E-state index is 12.9. The van der Waals surface area contributed by atoms with E-state index in [1.807, 2.05) is 0 Å². The Bertz CT molecular complexity index is 646. The van der Waals surface area contributed by atoms with Crippen molar-refractivity contribution in [3.63, 3.8) is 0 Å². The number of aromatic carboxylic acids is 1. The van der Waals surface area contributed by atoms with Gasteiger partial charge in [-0.2, -0.15) is 13.2 Å². The molecule has 0 unspecified atom stereocenters. The third-order valence-corrected chi connectivity index (χ3v) is 3.43. The van der Waals surface area contributed by atoms with E-state index in [0.717, 1.165) is 17.3 Å². The molecule has 2 atom stereocenters. The van der Waals surface area contributed by atoms with E-state index in [1.54, 1.807) is 0 Å². The fraction of sp³-hybridized carbons (Fsp3) is 0.417. The Labute approximate surface area is 126 Å². The molecule has 1 amide bonds. The maximum atomic E-state index is 12.9. The van der Waals surface area contributed by atoms with Crippen LogP contribution in [0.15, 0.2) is 12.4 Å². The minimum atomic E-state index is -4.75. The smallest absolute Gasteiger partial charge is 0.394 e. The number of carbonyl (C=O) groups is 3. The van der Waals surface area contributed by atoms with Crippen molar-refractivity contribution in [3.8, 4) is 0 Å². The number of halogens is 3. The molecule has 2 N–H and O–H groups in total. The number of likely N-dealkylation sites (tertiary alicyclic amines) is 1. The van der Waals surface area contributed by atoms with E-state index in [4.69, 9.17) is 10.2 Å². The summed E-state index contributed by atoms with van der Waals surface area (Å²) in [5.74, 6) is -7.89. The summed E-state index contributed by atoms with van der Waals surface area (Å²) in [6.07, 6.45) is -3.14. The van der Waals surface area contributed by atoms with Crippen molar-refractivity contribution in [1.29, 1.82) is 0 Å². The molecule has 124 valence electrons. The summed E-state index contributed by atoms with van der Waals surface area (Å²) in [4.78, 5) is 41.4. The first-order chi connectivity index (χ1) is 10.6. The Kier molecular flexibility index (Phi) is 4.21. The fourth-order valence-corrected chi connectivity index (χ4v) is 2.26. The second-order valence-corrected chi connectivity index (χ2v) is 4.90. The summed E-state index contributed by atoms with van der Waals surface area (Å²) in [5, 5.41) is 17.5. The summed E-state index contributed by atoms with van der Waals surface area (Å²) in [7, 11) is 0. The summed E-state index contributed by atoms with van der Waals surface area (Å²) in [6.45, 7) is -1.41. The van der Waals surface area contributed by atoms with E-state index in [-0.39, 0.29) is 5.69 Å². The van der Waals surface area contributed by atoms with Gasteiger partial charge in [0.2, 0.25) is 0 Å². The van der Waals surface area contributed by atoms with Crippen molar-refractivity contribution in [2.24, 2.45) is 11.8 Å². The van der Waals surface area contributed by atoms with Crippen LogP contribution in [0, 0.1) is 11.8 Å². The largest absolute Gasteiger partial charge is 0.481 e. The average molecular weight is 333 g/mol. The van der Waals surface area contributed by atoms with E-state index in [2.05, 4.69) is 9.97 Å². The quantitative estimate of drug-likeness (QED) is 0.826. The molecule has 23 heavy (non-hydrogen) atoms. The van der Waals surface area contributed by atoms with Gasteiger partial charge in [0.15, 0.2) is 5.69 Å². The summed E-state index contributed by atoms with van der Waals surface area (Å²) >= 11 is 0. The highest BCUT2D eigenvalue weighted by Crippen LogP contribution is 2.38. The Hall–Kier alpha value is -2.72. The molecule has 0 saturated carbocycles. The summed E-state index contributed by atoms with van der Waals surface area (Å²) < 4.78 is 38.6. The number of alkyl halides is 3. The summed E-state index contributed by atoms with van der Waals surface area (Å²) in [5.41, 5.74) is -0.790. The Morgan fingerprint density at radius 3 is 2.04 bits per heavy atom. The van der Waals surface area contributed by atoms with E-state index in [1.165, 1.54) is 0 Å². The molecule has 0 bridgehead atoms. The zero-order valence-electron chi connectivity index (χ0n) is 11.3. The van der Waals surface area contributed by atoms with Crippen LogP contribution in [0.25, 0.3) is 0 Å². The minimum Gasteiger partial charge on any atom is -0.481 e. The number of aromatic nitrogens is 2. The van der Waals surface area contributed by atoms with Crippen LogP contribution >= 0.6 is 0 Å². The summed E-state index contributed by atoms with van der Waals surface area (Å²) in [6, 6.07) is 0. The number of rotatable bonds is 3. The number of hydrogen-bond acceptors (Lipinski definition) is 5. The number of aliphatic carboxylic acids is 1. The van der Waals surface area contributed by atoms with Crippen molar-refractivity contribution >= 4 is 17.8 Å². The lowest BCUT2D eigenvalue weighted by Crippen LogP contribution is -2.34. The molecule has 0 spiro atoms. The van der Waals surface area contributed by atoms with Crippen molar-refractivity contribution < 1.29 is 37.8 Å². The molecule has 1 saturated heterocycles. The van der Waals surface area contributed by atoms with Gasteiger partial charge in [-0.05, 0) is 0 Å². The first-order valence-corrected chi connectivity index (χ1v) is 6.25. The second kappa shape index (κ2) is 5.82. The van der Waals surface area contributed by atoms with Crippen molar-refractivity contribution in [2.45, 2.75) is 6.18 Å². The van der Waals surface area contributed by atoms with Gasteiger partial charge in [-0.3, -0.25) is 9.59 Å². The zero-order chi connectivity index (χ0) is 17.4. The molecule has 1 aliphatic rings. The van der Waals surface area contributed by atoms with E-state index >= 15 is 0 Å². The molecule has 0 aliphatic carbocycles. The molecular formula is C12H10F3N3O5. The SMILES string of the molecule is O=C(O)c1cnc(C(=O)N2C[C@@H](C(F)(F)F)[C@H](C(=O)O)C2)cn1. The highest BCUT2D eigenvalue weighted by atomic mass is 19.4. The van der Waals surface area contributed by atoms with E-state index in [0.29, 0.717) is 0 Å².